The fourth-order valence-electron chi connectivity index (χ4n) is 3.59. The van der Waals surface area contributed by atoms with Gasteiger partial charge in [0.05, 0.1) is 6.61 Å². The van der Waals surface area contributed by atoms with Gasteiger partial charge in [-0.05, 0) is 73.6 Å². The van der Waals surface area contributed by atoms with Gasteiger partial charge in [0.25, 0.3) is 0 Å². The Morgan fingerprint density at radius 1 is 1.19 bits per heavy atom. The summed E-state index contributed by atoms with van der Waals surface area (Å²) in [6.07, 6.45) is 4.95. The topological polar surface area (TPSA) is 35.2 Å². The molecule has 2 heteroatoms. The summed E-state index contributed by atoms with van der Waals surface area (Å²) in [5.41, 5.74) is 7.47. The zero-order valence-corrected chi connectivity index (χ0v) is 13.8. The van der Waals surface area contributed by atoms with E-state index in [9.17, 15) is 0 Å². The van der Waals surface area contributed by atoms with Crippen molar-refractivity contribution in [1.29, 1.82) is 0 Å². The standard InChI is InChI=1S/C19H31NO/c1-4-11-21-18-9-7-15(8-10-18)19-12-16(14(2)3)5-6-17(19)13-20/h7-10,14,16-17,19H,4-6,11-13,20H2,1-3H3. The predicted molar refractivity (Wildman–Crippen MR) is 89.7 cm³/mol. The summed E-state index contributed by atoms with van der Waals surface area (Å²) < 4.78 is 5.69. The highest BCUT2D eigenvalue weighted by Crippen LogP contribution is 2.42. The molecule has 118 valence electrons. The summed E-state index contributed by atoms with van der Waals surface area (Å²) in [6, 6.07) is 8.75. The number of benzene rings is 1. The molecule has 0 aromatic heterocycles. The fourth-order valence-corrected chi connectivity index (χ4v) is 3.59. The molecule has 1 aliphatic carbocycles. The average Bonchev–Trinajstić information content (AvgIpc) is 2.52. The van der Waals surface area contributed by atoms with Crippen molar-refractivity contribution in [3.63, 3.8) is 0 Å². The highest BCUT2D eigenvalue weighted by molar-refractivity contribution is 5.30. The largest absolute Gasteiger partial charge is 0.494 e. The zero-order valence-electron chi connectivity index (χ0n) is 13.8. The molecule has 0 spiro atoms. The highest BCUT2D eigenvalue weighted by Gasteiger charge is 2.31. The summed E-state index contributed by atoms with van der Waals surface area (Å²) >= 11 is 0. The van der Waals surface area contributed by atoms with E-state index in [1.165, 1.54) is 24.8 Å². The van der Waals surface area contributed by atoms with Crippen LogP contribution in [0.3, 0.4) is 0 Å². The molecule has 0 aliphatic heterocycles. The van der Waals surface area contributed by atoms with Gasteiger partial charge in [0.1, 0.15) is 5.75 Å². The minimum Gasteiger partial charge on any atom is -0.494 e. The van der Waals surface area contributed by atoms with Crippen LogP contribution in [0.4, 0.5) is 0 Å². The molecule has 1 saturated carbocycles. The van der Waals surface area contributed by atoms with Crippen molar-refractivity contribution in [2.45, 2.75) is 52.4 Å². The van der Waals surface area contributed by atoms with Crippen LogP contribution in [0.2, 0.25) is 0 Å². The van der Waals surface area contributed by atoms with Crippen molar-refractivity contribution >= 4 is 0 Å². The molecule has 0 bridgehead atoms. The Bertz CT molecular complexity index is 412. The Morgan fingerprint density at radius 3 is 2.48 bits per heavy atom. The molecule has 3 atom stereocenters. The van der Waals surface area contributed by atoms with Gasteiger partial charge in [-0.15, -0.1) is 0 Å². The Kier molecular flexibility index (Phi) is 6.10. The van der Waals surface area contributed by atoms with Gasteiger partial charge in [0.2, 0.25) is 0 Å². The Labute approximate surface area is 130 Å². The van der Waals surface area contributed by atoms with Crippen LogP contribution >= 0.6 is 0 Å². The van der Waals surface area contributed by atoms with E-state index in [0.717, 1.165) is 37.2 Å². The lowest BCUT2D eigenvalue weighted by Crippen LogP contribution is -2.30. The fraction of sp³-hybridized carbons (Fsp3) is 0.684. The summed E-state index contributed by atoms with van der Waals surface area (Å²) in [4.78, 5) is 0. The molecule has 0 heterocycles. The second-order valence-electron chi connectivity index (χ2n) is 6.84. The van der Waals surface area contributed by atoms with Crippen molar-refractivity contribution in [3.05, 3.63) is 29.8 Å². The van der Waals surface area contributed by atoms with Crippen molar-refractivity contribution in [2.75, 3.05) is 13.2 Å². The average molecular weight is 289 g/mol. The third-order valence-corrected chi connectivity index (χ3v) is 5.06. The Balaban J connectivity index is 2.09. The normalized spacial score (nSPS) is 26.0. The maximum Gasteiger partial charge on any atom is 0.119 e. The highest BCUT2D eigenvalue weighted by atomic mass is 16.5. The molecule has 0 saturated heterocycles. The van der Waals surface area contributed by atoms with Crippen LogP contribution in [0.15, 0.2) is 24.3 Å². The summed E-state index contributed by atoms with van der Waals surface area (Å²) in [5, 5.41) is 0. The smallest absolute Gasteiger partial charge is 0.119 e. The molecule has 1 fully saturated rings. The molecule has 2 nitrogen and oxygen atoms in total. The van der Waals surface area contributed by atoms with Gasteiger partial charge in [0, 0.05) is 0 Å². The van der Waals surface area contributed by atoms with Gasteiger partial charge in [-0.25, -0.2) is 0 Å². The summed E-state index contributed by atoms with van der Waals surface area (Å²) in [5.74, 6) is 3.87. The quantitative estimate of drug-likeness (QED) is 0.831. The molecule has 2 N–H and O–H groups in total. The molecule has 0 amide bonds. The van der Waals surface area contributed by atoms with E-state index in [1.807, 2.05) is 0 Å². The van der Waals surface area contributed by atoms with Gasteiger partial charge in [0.15, 0.2) is 0 Å². The number of ether oxygens (including phenoxy) is 1. The lowest BCUT2D eigenvalue weighted by Gasteiger charge is -2.37. The molecule has 21 heavy (non-hydrogen) atoms. The lowest BCUT2D eigenvalue weighted by atomic mass is 9.68. The van der Waals surface area contributed by atoms with Crippen LogP contribution in [0, 0.1) is 17.8 Å². The first-order chi connectivity index (χ1) is 10.2. The summed E-state index contributed by atoms with van der Waals surface area (Å²) in [7, 11) is 0. The minimum atomic E-state index is 0.622. The first-order valence-electron chi connectivity index (χ1n) is 8.58. The van der Waals surface area contributed by atoms with Crippen LogP contribution < -0.4 is 10.5 Å². The molecular formula is C19H31NO. The van der Waals surface area contributed by atoms with Crippen LogP contribution in [0.25, 0.3) is 0 Å². The minimum absolute atomic E-state index is 0.622. The van der Waals surface area contributed by atoms with Gasteiger partial charge >= 0.3 is 0 Å². The van der Waals surface area contributed by atoms with E-state index >= 15 is 0 Å². The molecule has 0 radical (unpaired) electrons. The Hall–Kier alpha value is -1.02. The van der Waals surface area contributed by atoms with Crippen LogP contribution in [0.5, 0.6) is 5.75 Å². The van der Waals surface area contributed by atoms with E-state index in [4.69, 9.17) is 10.5 Å². The van der Waals surface area contributed by atoms with Crippen molar-refractivity contribution in [3.8, 4) is 5.75 Å². The van der Waals surface area contributed by atoms with E-state index < -0.39 is 0 Å². The molecule has 3 unspecified atom stereocenters. The van der Waals surface area contributed by atoms with Crippen LogP contribution in [0.1, 0.15) is 57.9 Å². The predicted octanol–water partition coefficient (Wildman–Crippen LogP) is 4.59. The van der Waals surface area contributed by atoms with Gasteiger partial charge in [-0.2, -0.15) is 0 Å². The number of hydrogen-bond acceptors (Lipinski definition) is 2. The molecule has 1 aromatic rings. The molecule has 1 aliphatic rings. The molecule has 2 rings (SSSR count). The van der Waals surface area contributed by atoms with Crippen molar-refractivity contribution in [1.82, 2.24) is 0 Å². The van der Waals surface area contributed by atoms with E-state index in [1.54, 1.807) is 0 Å². The number of rotatable bonds is 6. The maximum absolute atomic E-state index is 6.02. The first kappa shape index (κ1) is 16.4. The maximum atomic E-state index is 6.02. The SMILES string of the molecule is CCCOc1ccc(C2CC(C(C)C)CCC2CN)cc1. The third kappa shape index (κ3) is 4.23. The monoisotopic (exact) mass is 289 g/mol. The van der Waals surface area contributed by atoms with E-state index in [0.29, 0.717) is 11.8 Å². The second-order valence-corrected chi connectivity index (χ2v) is 6.84. The Morgan fingerprint density at radius 2 is 1.90 bits per heavy atom. The van der Waals surface area contributed by atoms with Crippen molar-refractivity contribution < 1.29 is 4.74 Å². The number of hydrogen-bond donors (Lipinski definition) is 1. The van der Waals surface area contributed by atoms with Gasteiger partial charge in [-0.1, -0.05) is 32.9 Å². The van der Waals surface area contributed by atoms with Crippen molar-refractivity contribution in [2.24, 2.45) is 23.5 Å². The first-order valence-corrected chi connectivity index (χ1v) is 8.58. The number of nitrogens with two attached hydrogens (primary N) is 1. The zero-order chi connectivity index (χ0) is 15.2. The van der Waals surface area contributed by atoms with Gasteiger partial charge < -0.3 is 10.5 Å². The van der Waals surface area contributed by atoms with Crippen LogP contribution in [-0.4, -0.2) is 13.2 Å². The molecule has 1 aromatic carbocycles. The third-order valence-electron chi connectivity index (χ3n) is 5.06. The van der Waals surface area contributed by atoms with Gasteiger partial charge in [-0.3, -0.25) is 0 Å². The van der Waals surface area contributed by atoms with E-state index in [-0.39, 0.29) is 0 Å². The second kappa shape index (κ2) is 7.84. The van der Waals surface area contributed by atoms with Crippen LogP contribution in [-0.2, 0) is 0 Å². The summed E-state index contributed by atoms with van der Waals surface area (Å²) in [6.45, 7) is 8.44. The van der Waals surface area contributed by atoms with E-state index in [2.05, 4.69) is 45.0 Å². The molecular weight excluding hydrogens is 258 g/mol. The lowest BCUT2D eigenvalue weighted by molar-refractivity contribution is 0.197.